The number of carbonyl (C=O) groups excluding carboxylic acids is 1. The number of hydrogen-bond donors (Lipinski definition) is 1. The Morgan fingerprint density at radius 3 is 2.80 bits per heavy atom. The van der Waals surface area contributed by atoms with E-state index in [0.29, 0.717) is 18.7 Å². The zero-order valence-electron chi connectivity index (χ0n) is 10.7. The number of hydrogen-bond acceptors (Lipinski definition) is 5. The van der Waals surface area contributed by atoms with E-state index in [9.17, 15) is 19.3 Å². The van der Waals surface area contributed by atoms with Gasteiger partial charge in [-0.3, -0.25) is 14.9 Å². The second-order valence-corrected chi connectivity index (χ2v) is 4.85. The van der Waals surface area contributed by atoms with Crippen LogP contribution in [0.15, 0.2) is 12.1 Å². The molecule has 1 aromatic rings. The first-order chi connectivity index (χ1) is 9.47. The molecule has 0 saturated carbocycles. The van der Waals surface area contributed by atoms with Gasteiger partial charge in [-0.15, -0.1) is 0 Å². The number of benzene rings is 1. The Morgan fingerprint density at radius 2 is 2.30 bits per heavy atom. The topological polar surface area (TPSA) is 72.7 Å². The fourth-order valence-corrected chi connectivity index (χ4v) is 2.43. The lowest BCUT2D eigenvalue weighted by Crippen LogP contribution is -2.25. The number of nitro groups is 1. The standard InChI is InChI=1S/C12H13FN2O4S/c1-19-11-3-8(13)9(15(17)18)4-10(11)14-5-7(6-20)2-12(14)16/h3-4,7,20H,2,5-6H2,1H3. The predicted octanol–water partition coefficient (Wildman–Crippen LogP) is 2.03. The smallest absolute Gasteiger partial charge is 0.307 e. The molecule has 1 saturated heterocycles. The molecule has 0 aliphatic carbocycles. The van der Waals surface area contributed by atoms with Crippen molar-refractivity contribution < 1.29 is 18.8 Å². The fourth-order valence-electron chi connectivity index (χ4n) is 2.18. The van der Waals surface area contributed by atoms with Gasteiger partial charge in [0.1, 0.15) is 5.75 Å². The maximum absolute atomic E-state index is 13.6. The molecule has 1 heterocycles. The van der Waals surface area contributed by atoms with Gasteiger partial charge in [0.05, 0.1) is 17.7 Å². The normalized spacial score (nSPS) is 18.4. The summed E-state index contributed by atoms with van der Waals surface area (Å²) in [6, 6.07) is 1.96. The van der Waals surface area contributed by atoms with Gasteiger partial charge in [-0.05, 0) is 11.7 Å². The van der Waals surface area contributed by atoms with Crippen LogP contribution in [0.25, 0.3) is 0 Å². The molecule has 0 aromatic heterocycles. The first-order valence-corrected chi connectivity index (χ1v) is 6.54. The molecule has 2 rings (SSSR count). The minimum absolute atomic E-state index is 0.0691. The summed E-state index contributed by atoms with van der Waals surface area (Å²) in [6.07, 6.45) is 0.317. The van der Waals surface area contributed by atoms with E-state index in [1.165, 1.54) is 12.0 Å². The van der Waals surface area contributed by atoms with Gasteiger partial charge >= 0.3 is 5.69 Å². The van der Waals surface area contributed by atoms with E-state index < -0.39 is 16.4 Å². The average Bonchev–Trinajstić information content (AvgIpc) is 2.79. The molecule has 1 aliphatic rings. The van der Waals surface area contributed by atoms with E-state index in [0.717, 1.165) is 12.1 Å². The highest BCUT2D eigenvalue weighted by molar-refractivity contribution is 7.80. The van der Waals surface area contributed by atoms with E-state index >= 15 is 0 Å². The van der Waals surface area contributed by atoms with Crippen molar-refractivity contribution in [2.75, 3.05) is 24.3 Å². The summed E-state index contributed by atoms with van der Waals surface area (Å²) >= 11 is 4.15. The van der Waals surface area contributed by atoms with Gasteiger partial charge < -0.3 is 9.64 Å². The molecule has 20 heavy (non-hydrogen) atoms. The van der Waals surface area contributed by atoms with Crippen molar-refractivity contribution in [3.63, 3.8) is 0 Å². The summed E-state index contributed by atoms with van der Waals surface area (Å²) < 4.78 is 18.6. The molecular weight excluding hydrogens is 287 g/mol. The van der Waals surface area contributed by atoms with E-state index in [4.69, 9.17) is 4.74 Å². The molecule has 0 radical (unpaired) electrons. The van der Waals surface area contributed by atoms with Crippen molar-refractivity contribution in [2.45, 2.75) is 6.42 Å². The van der Waals surface area contributed by atoms with Gasteiger partial charge in [-0.2, -0.15) is 17.0 Å². The monoisotopic (exact) mass is 300 g/mol. The predicted molar refractivity (Wildman–Crippen MR) is 73.9 cm³/mol. The number of halogens is 1. The first kappa shape index (κ1) is 14.6. The first-order valence-electron chi connectivity index (χ1n) is 5.91. The van der Waals surface area contributed by atoms with Crippen LogP contribution in [-0.2, 0) is 4.79 Å². The molecule has 1 amide bonds. The van der Waals surface area contributed by atoms with E-state index in [-0.39, 0.29) is 23.3 Å². The van der Waals surface area contributed by atoms with Gasteiger partial charge in [-0.25, -0.2) is 0 Å². The van der Waals surface area contributed by atoms with Crippen LogP contribution in [0.5, 0.6) is 5.75 Å². The van der Waals surface area contributed by atoms with Crippen LogP contribution >= 0.6 is 12.6 Å². The van der Waals surface area contributed by atoms with E-state index in [2.05, 4.69) is 12.6 Å². The lowest BCUT2D eigenvalue weighted by molar-refractivity contribution is -0.387. The van der Waals surface area contributed by atoms with Crippen LogP contribution in [0.4, 0.5) is 15.8 Å². The zero-order chi connectivity index (χ0) is 14.9. The number of anilines is 1. The summed E-state index contributed by atoms with van der Waals surface area (Å²) in [4.78, 5) is 23.3. The molecule has 1 aliphatic heterocycles. The van der Waals surface area contributed by atoms with Crippen molar-refractivity contribution in [1.82, 2.24) is 0 Å². The Hall–Kier alpha value is -1.83. The summed E-state index contributed by atoms with van der Waals surface area (Å²) in [5.41, 5.74) is -0.460. The van der Waals surface area contributed by atoms with Crippen molar-refractivity contribution in [1.29, 1.82) is 0 Å². The van der Waals surface area contributed by atoms with Crippen molar-refractivity contribution >= 4 is 29.9 Å². The Balaban J connectivity index is 2.47. The lowest BCUT2D eigenvalue weighted by atomic mass is 10.1. The Morgan fingerprint density at radius 1 is 1.60 bits per heavy atom. The molecule has 0 N–H and O–H groups in total. The summed E-state index contributed by atoms with van der Waals surface area (Å²) in [5.74, 6) is -0.467. The van der Waals surface area contributed by atoms with Gasteiger partial charge in [0.15, 0.2) is 0 Å². The number of ether oxygens (including phenoxy) is 1. The summed E-state index contributed by atoms with van der Waals surface area (Å²) in [6.45, 7) is 0.390. The van der Waals surface area contributed by atoms with E-state index in [1.807, 2.05) is 0 Å². The molecule has 1 atom stereocenters. The third kappa shape index (κ3) is 2.55. The number of carbonyl (C=O) groups is 1. The number of rotatable bonds is 4. The highest BCUT2D eigenvalue weighted by Crippen LogP contribution is 2.37. The van der Waals surface area contributed by atoms with Crippen LogP contribution in [-0.4, -0.2) is 30.2 Å². The number of amides is 1. The van der Waals surface area contributed by atoms with Crippen molar-refractivity contribution in [2.24, 2.45) is 5.92 Å². The molecule has 8 heteroatoms. The number of thiol groups is 1. The summed E-state index contributed by atoms with van der Waals surface area (Å²) in [7, 11) is 1.32. The van der Waals surface area contributed by atoms with Gasteiger partial charge in [0.25, 0.3) is 0 Å². The van der Waals surface area contributed by atoms with Gasteiger partial charge in [-0.1, -0.05) is 0 Å². The third-order valence-electron chi connectivity index (χ3n) is 3.20. The minimum Gasteiger partial charge on any atom is -0.494 e. The number of methoxy groups -OCH3 is 1. The fraction of sp³-hybridized carbons (Fsp3) is 0.417. The Kier molecular flexibility index (Phi) is 4.12. The van der Waals surface area contributed by atoms with Crippen LogP contribution in [0.3, 0.4) is 0 Å². The molecule has 0 spiro atoms. The largest absolute Gasteiger partial charge is 0.494 e. The molecule has 6 nitrogen and oxygen atoms in total. The number of nitro benzene ring substituents is 1. The second-order valence-electron chi connectivity index (χ2n) is 4.49. The molecule has 108 valence electrons. The van der Waals surface area contributed by atoms with E-state index in [1.54, 1.807) is 0 Å². The minimum atomic E-state index is -0.993. The summed E-state index contributed by atoms with van der Waals surface area (Å²) in [5, 5.41) is 10.8. The van der Waals surface area contributed by atoms with Crippen LogP contribution < -0.4 is 9.64 Å². The van der Waals surface area contributed by atoms with Crippen molar-refractivity contribution in [3.8, 4) is 5.75 Å². The lowest BCUT2D eigenvalue weighted by Gasteiger charge is -2.19. The Bertz CT molecular complexity index is 567. The SMILES string of the molecule is COc1cc(F)c([N+](=O)[O-])cc1N1CC(CS)CC1=O. The third-order valence-corrected chi connectivity index (χ3v) is 3.72. The molecule has 0 bridgehead atoms. The average molecular weight is 300 g/mol. The van der Waals surface area contributed by atoms with Gasteiger partial charge in [0.2, 0.25) is 11.7 Å². The van der Waals surface area contributed by atoms with Crippen LogP contribution in [0.1, 0.15) is 6.42 Å². The van der Waals surface area contributed by atoms with Crippen LogP contribution in [0, 0.1) is 21.8 Å². The zero-order valence-corrected chi connectivity index (χ0v) is 11.6. The second kappa shape index (κ2) is 5.66. The Labute approximate surface area is 120 Å². The number of nitrogens with zero attached hydrogens (tertiary/aromatic N) is 2. The molecule has 1 fully saturated rings. The highest BCUT2D eigenvalue weighted by atomic mass is 32.1. The van der Waals surface area contributed by atoms with Gasteiger partial charge in [0, 0.05) is 25.1 Å². The highest BCUT2D eigenvalue weighted by Gasteiger charge is 2.33. The molecular formula is C12H13FN2O4S. The maximum Gasteiger partial charge on any atom is 0.307 e. The van der Waals surface area contributed by atoms with Crippen LogP contribution in [0.2, 0.25) is 0 Å². The molecule has 1 aromatic carbocycles. The maximum atomic E-state index is 13.6. The van der Waals surface area contributed by atoms with Crippen molar-refractivity contribution in [3.05, 3.63) is 28.1 Å². The molecule has 1 unspecified atom stereocenters. The quantitative estimate of drug-likeness (QED) is 0.524.